The molecule has 1 amide bonds. The van der Waals surface area contributed by atoms with Crippen LogP contribution in [-0.2, 0) is 20.1 Å². The number of amides is 1. The zero-order valence-corrected chi connectivity index (χ0v) is 9.63. The lowest BCUT2D eigenvalue weighted by Gasteiger charge is -2.15. The Hall–Kier alpha value is -2.10. The maximum atomic E-state index is 12.3. The van der Waals surface area contributed by atoms with Gasteiger partial charge in [-0.2, -0.15) is 0 Å². The molecule has 0 radical (unpaired) electrons. The van der Waals surface area contributed by atoms with Crippen molar-refractivity contribution in [2.45, 2.75) is 13.1 Å². The third-order valence-electron chi connectivity index (χ3n) is 3.16. The van der Waals surface area contributed by atoms with E-state index in [1.54, 1.807) is 17.1 Å². The Kier molecular flexibility index (Phi) is 2.21. The van der Waals surface area contributed by atoms with Gasteiger partial charge >= 0.3 is 0 Å². The van der Waals surface area contributed by atoms with Crippen molar-refractivity contribution in [3.05, 3.63) is 53.6 Å². The lowest BCUT2D eigenvalue weighted by Crippen LogP contribution is -2.26. The van der Waals surface area contributed by atoms with Gasteiger partial charge in [0.15, 0.2) is 0 Å². The summed E-state index contributed by atoms with van der Waals surface area (Å²) in [6, 6.07) is 8.17. The number of carbonyl (C=O) groups excluding carboxylic acids is 1. The molecule has 4 heteroatoms. The van der Waals surface area contributed by atoms with Gasteiger partial charge < -0.3 is 9.47 Å². The van der Waals surface area contributed by atoms with E-state index in [2.05, 4.69) is 17.1 Å². The largest absolute Gasteiger partial charge is 0.330 e. The predicted molar refractivity (Wildman–Crippen MR) is 63.2 cm³/mol. The minimum Gasteiger partial charge on any atom is -0.330 e. The molecular formula is C13H13N3O. The minimum absolute atomic E-state index is 0.0428. The molecule has 1 aromatic heterocycles. The quantitative estimate of drug-likeness (QED) is 0.741. The van der Waals surface area contributed by atoms with Crippen LogP contribution in [-0.4, -0.2) is 20.4 Å². The van der Waals surface area contributed by atoms with Gasteiger partial charge in [-0.05, 0) is 11.1 Å². The number of hydrogen-bond acceptors (Lipinski definition) is 2. The summed E-state index contributed by atoms with van der Waals surface area (Å²) >= 11 is 0. The average Bonchev–Trinajstić information content (AvgIpc) is 2.93. The highest BCUT2D eigenvalue weighted by Gasteiger charge is 2.25. The number of aromatic nitrogens is 2. The first kappa shape index (κ1) is 10.1. The van der Waals surface area contributed by atoms with Gasteiger partial charge in [0.05, 0.1) is 12.5 Å². The van der Waals surface area contributed by atoms with Gasteiger partial charge in [0.25, 0.3) is 5.91 Å². The molecule has 0 N–H and O–H groups in total. The van der Waals surface area contributed by atoms with Gasteiger partial charge in [0.1, 0.15) is 5.69 Å². The first-order valence-electron chi connectivity index (χ1n) is 5.58. The van der Waals surface area contributed by atoms with E-state index in [1.807, 2.05) is 24.1 Å². The Balaban J connectivity index is 1.86. The average molecular weight is 227 g/mol. The van der Waals surface area contributed by atoms with Crippen LogP contribution in [0.2, 0.25) is 0 Å². The number of hydrogen-bond donors (Lipinski definition) is 0. The monoisotopic (exact) mass is 227 g/mol. The first-order chi connectivity index (χ1) is 8.25. The summed E-state index contributed by atoms with van der Waals surface area (Å²) in [5.41, 5.74) is 3.11. The molecule has 0 aliphatic carbocycles. The van der Waals surface area contributed by atoms with Crippen molar-refractivity contribution < 1.29 is 4.79 Å². The van der Waals surface area contributed by atoms with Crippen LogP contribution in [0.4, 0.5) is 0 Å². The van der Waals surface area contributed by atoms with Crippen LogP contribution in [0.3, 0.4) is 0 Å². The number of rotatable bonds is 1. The highest BCUT2D eigenvalue weighted by molar-refractivity contribution is 5.92. The minimum atomic E-state index is 0.0428. The molecule has 17 heavy (non-hydrogen) atoms. The Morgan fingerprint density at radius 2 is 1.88 bits per heavy atom. The molecule has 2 heterocycles. The highest BCUT2D eigenvalue weighted by Crippen LogP contribution is 2.23. The second-order valence-electron chi connectivity index (χ2n) is 4.32. The lowest BCUT2D eigenvalue weighted by atomic mass is 10.1. The fourth-order valence-electron chi connectivity index (χ4n) is 2.20. The number of benzene rings is 1. The van der Waals surface area contributed by atoms with Crippen LogP contribution in [0, 0.1) is 0 Å². The molecular weight excluding hydrogens is 214 g/mol. The molecule has 0 unspecified atom stereocenters. The van der Waals surface area contributed by atoms with E-state index in [0.29, 0.717) is 18.8 Å². The van der Waals surface area contributed by atoms with Crippen molar-refractivity contribution in [2.75, 3.05) is 0 Å². The lowest BCUT2D eigenvalue weighted by molar-refractivity contribution is 0.0741. The second kappa shape index (κ2) is 3.73. The molecule has 0 spiro atoms. The third kappa shape index (κ3) is 1.62. The van der Waals surface area contributed by atoms with E-state index < -0.39 is 0 Å². The van der Waals surface area contributed by atoms with Gasteiger partial charge in [-0.3, -0.25) is 4.79 Å². The second-order valence-corrected chi connectivity index (χ2v) is 4.32. The standard InChI is InChI=1S/C13H13N3O/c1-15-9-14-6-12(15)13(17)16-7-10-4-2-3-5-11(10)8-16/h2-6,9H,7-8H2,1H3. The number of aryl methyl sites for hydroxylation is 1. The molecule has 0 bridgehead atoms. The van der Waals surface area contributed by atoms with E-state index >= 15 is 0 Å². The Labute approximate surface area is 99.5 Å². The van der Waals surface area contributed by atoms with Gasteiger partial charge in [0.2, 0.25) is 0 Å². The van der Waals surface area contributed by atoms with Crippen molar-refractivity contribution in [2.24, 2.45) is 7.05 Å². The fraction of sp³-hybridized carbons (Fsp3) is 0.231. The summed E-state index contributed by atoms with van der Waals surface area (Å²) in [7, 11) is 1.84. The molecule has 0 atom stereocenters. The van der Waals surface area contributed by atoms with E-state index in [9.17, 15) is 4.79 Å². The van der Waals surface area contributed by atoms with Crippen LogP contribution in [0.5, 0.6) is 0 Å². The van der Waals surface area contributed by atoms with Crippen molar-refractivity contribution in [3.8, 4) is 0 Å². The van der Waals surface area contributed by atoms with E-state index in [1.165, 1.54) is 11.1 Å². The van der Waals surface area contributed by atoms with Crippen LogP contribution < -0.4 is 0 Å². The molecule has 1 aliphatic heterocycles. The maximum absolute atomic E-state index is 12.3. The van der Waals surface area contributed by atoms with E-state index in [-0.39, 0.29) is 5.91 Å². The maximum Gasteiger partial charge on any atom is 0.272 e. The fourth-order valence-corrected chi connectivity index (χ4v) is 2.20. The highest BCUT2D eigenvalue weighted by atomic mass is 16.2. The first-order valence-corrected chi connectivity index (χ1v) is 5.58. The van der Waals surface area contributed by atoms with Crippen molar-refractivity contribution in [1.29, 1.82) is 0 Å². The predicted octanol–water partition coefficient (Wildman–Crippen LogP) is 1.58. The van der Waals surface area contributed by atoms with Gasteiger partial charge in [-0.1, -0.05) is 24.3 Å². The summed E-state index contributed by atoms with van der Waals surface area (Å²) in [6.07, 6.45) is 3.27. The smallest absolute Gasteiger partial charge is 0.272 e. The van der Waals surface area contributed by atoms with Crippen LogP contribution in [0.25, 0.3) is 0 Å². The Morgan fingerprint density at radius 1 is 1.24 bits per heavy atom. The Bertz CT molecular complexity index is 549. The number of carbonyl (C=O) groups is 1. The van der Waals surface area contributed by atoms with Crippen LogP contribution in [0.1, 0.15) is 21.6 Å². The number of imidazole rings is 1. The summed E-state index contributed by atoms with van der Waals surface area (Å²) in [6.45, 7) is 1.39. The van der Waals surface area contributed by atoms with E-state index in [4.69, 9.17) is 0 Å². The van der Waals surface area contributed by atoms with Gasteiger partial charge in [0, 0.05) is 20.1 Å². The zero-order valence-electron chi connectivity index (χ0n) is 9.63. The molecule has 0 saturated heterocycles. The summed E-state index contributed by atoms with van der Waals surface area (Å²) in [5.74, 6) is 0.0428. The number of fused-ring (bicyclic) bond motifs is 1. The van der Waals surface area contributed by atoms with Crippen molar-refractivity contribution >= 4 is 5.91 Å². The summed E-state index contributed by atoms with van der Waals surface area (Å²) < 4.78 is 1.76. The van der Waals surface area contributed by atoms with Crippen molar-refractivity contribution in [3.63, 3.8) is 0 Å². The third-order valence-corrected chi connectivity index (χ3v) is 3.16. The normalized spacial score (nSPS) is 13.8. The van der Waals surface area contributed by atoms with Crippen LogP contribution >= 0.6 is 0 Å². The zero-order chi connectivity index (χ0) is 11.8. The molecule has 1 aromatic carbocycles. The van der Waals surface area contributed by atoms with Crippen molar-refractivity contribution in [1.82, 2.24) is 14.5 Å². The van der Waals surface area contributed by atoms with Crippen LogP contribution in [0.15, 0.2) is 36.8 Å². The Morgan fingerprint density at radius 3 is 2.41 bits per heavy atom. The molecule has 1 aliphatic rings. The van der Waals surface area contributed by atoms with Gasteiger partial charge in [-0.25, -0.2) is 4.98 Å². The summed E-state index contributed by atoms with van der Waals surface area (Å²) in [4.78, 5) is 18.1. The molecule has 86 valence electrons. The topological polar surface area (TPSA) is 38.1 Å². The van der Waals surface area contributed by atoms with Gasteiger partial charge in [-0.15, -0.1) is 0 Å². The number of nitrogens with zero attached hydrogens (tertiary/aromatic N) is 3. The summed E-state index contributed by atoms with van der Waals surface area (Å²) in [5, 5.41) is 0. The molecule has 3 rings (SSSR count). The van der Waals surface area contributed by atoms with E-state index in [0.717, 1.165) is 0 Å². The molecule has 2 aromatic rings. The molecule has 0 fully saturated rings. The molecule has 4 nitrogen and oxygen atoms in total. The molecule has 0 saturated carbocycles. The SMILES string of the molecule is Cn1cncc1C(=O)N1Cc2ccccc2C1.